The maximum atomic E-state index is 12.8. The minimum atomic E-state index is -3.37. The second-order valence-corrected chi connectivity index (χ2v) is 10.8. The zero-order chi connectivity index (χ0) is 21.9. The Hall–Kier alpha value is -2.12. The van der Waals surface area contributed by atoms with Gasteiger partial charge in [-0.05, 0) is 50.0 Å². The summed E-state index contributed by atoms with van der Waals surface area (Å²) in [5.41, 5.74) is 1.89. The number of sulfone groups is 1. The fourth-order valence-corrected chi connectivity index (χ4v) is 5.91. The Bertz CT molecular complexity index is 1050. The van der Waals surface area contributed by atoms with Crippen LogP contribution in [-0.2, 0) is 21.2 Å². The van der Waals surface area contributed by atoms with Gasteiger partial charge in [-0.2, -0.15) is 5.10 Å². The van der Waals surface area contributed by atoms with Gasteiger partial charge in [-0.25, -0.2) is 8.42 Å². The Morgan fingerprint density at radius 3 is 2.70 bits per heavy atom. The van der Waals surface area contributed by atoms with Gasteiger partial charge in [0, 0.05) is 23.9 Å². The number of nitrogens with zero attached hydrogens (tertiary/aromatic N) is 2. The molecule has 6 nitrogen and oxygen atoms in total. The zero-order valence-electron chi connectivity index (χ0n) is 17.6. The molecular formula is C22H28ClN3O3S. The highest BCUT2D eigenvalue weighted by molar-refractivity contribution is 7.92. The van der Waals surface area contributed by atoms with Crippen molar-refractivity contribution < 1.29 is 13.2 Å². The Morgan fingerprint density at radius 1 is 1.33 bits per heavy atom. The average molecular weight is 450 g/mol. The highest BCUT2D eigenvalue weighted by Crippen LogP contribution is 2.30. The van der Waals surface area contributed by atoms with E-state index < -0.39 is 9.84 Å². The number of rotatable bonds is 7. The number of nitrogens with one attached hydrogen (secondary N) is 1. The van der Waals surface area contributed by atoms with Gasteiger partial charge in [0.05, 0.1) is 15.8 Å². The molecule has 2 aromatic rings. The van der Waals surface area contributed by atoms with Crippen molar-refractivity contribution in [3.05, 3.63) is 46.8 Å². The van der Waals surface area contributed by atoms with Crippen LogP contribution >= 0.6 is 11.6 Å². The molecule has 1 fully saturated rings. The lowest BCUT2D eigenvalue weighted by Crippen LogP contribution is -2.18. The lowest BCUT2D eigenvalue weighted by Gasteiger charge is -2.12. The summed E-state index contributed by atoms with van der Waals surface area (Å²) in [6.07, 6.45) is 6.31. The third-order valence-electron chi connectivity index (χ3n) is 5.22. The molecule has 1 aliphatic rings. The molecule has 1 aromatic carbocycles. The van der Waals surface area contributed by atoms with E-state index in [1.807, 2.05) is 6.92 Å². The van der Waals surface area contributed by atoms with Gasteiger partial charge in [-0.15, -0.1) is 0 Å². The molecule has 1 aliphatic carbocycles. The number of benzene rings is 1. The van der Waals surface area contributed by atoms with E-state index in [9.17, 15) is 13.2 Å². The third-order valence-corrected chi connectivity index (χ3v) is 7.88. The number of anilines is 1. The first kappa shape index (κ1) is 22.6. The lowest BCUT2D eigenvalue weighted by molar-refractivity contribution is -0.111. The third kappa shape index (κ3) is 5.13. The molecule has 1 saturated carbocycles. The molecule has 0 unspecified atom stereocenters. The van der Waals surface area contributed by atoms with Crippen molar-refractivity contribution in [1.82, 2.24) is 9.78 Å². The zero-order valence-corrected chi connectivity index (χ0v) is 19.1. The monoisotopic (exact) mass is 449 g/mol. The van der Waals surface area contributed by atoms with Crippen molar-refractivity contribution >= 4 is 39.1 Å². The quantitative estimate of drug-likeness (QED) is 0.611. The van der Waals surface area contributed by atoms with E-state index in [-0.39, 0.29) is 16.1 Å². The summed E-state index contributed by atoms with van der Waals surface area (Å²) < 4.78 is 27.3. The Morgan fingerprint density at radius 2 is 2.03 bits per heavy atom. The molecule has 0 radical (unpaired) electrons. The van der Waals surface area contributed by atoms with E-state index in [2.05, 4.69) is 24.3 Å². The van der Waals surface area contributed by atoms with Crippen LogP contribution in [0, 0.1) is 12.8 Å². The van der Waals surface area contributed by atoms with Crippen LogP contribution in [0.25, 0.3) is 6.08 Å². The molecule has 30 heavy (non-hydrogen) atoms. The Labute approximate surface area is 183 Å². The molecular weight excluding hydrogens is 422 g/mol. The first-order chi connectivity index (χ1) is 14.2. The molecule has 0 atom stereocenters. The van der Waals surface area contributed by atoms with E-state index in [4.69, 9.17) is 11.6 Å². The average Bonchev–Trinajstić information content (AvgIpc) is 3.30. The topological polar surface area (TPSA) is 81.1 Å². The smallest absolute Gasteiger partial charge is 0.248 e. The van der Waals surface area contributed by atoms with Crippen molar-refractivity contribution in [1.29, 1.82) is 0 Å². The molecule has 1 aromatic heterocycles. The van der Waals surface area contributed by atoms with Crippen molar-refractivity contribution in [2.75, 3.05) is 5.32 Å². The number of amides is 1. The molecule has 1 heterocycles. The van der Waals surface area contributed by atoms with Crippen LogP contribution in [0.1, 0.15) is 50.8 Å². The maximum Gasteiger partial charge on any atom is 0.248 e. The number of carbonyl (C=O) groups excluding carboxylic acids is 1. The van der Waals surface area contributed by atoms with Gasteiger partial charge < -0.3 is 5.32 Å². The van der Waals surface area contributed by atoms with E-state index in [0.717, 1.165) is 18.5 Å². The molecule has 1 N–H and O–H groups in total. The molecule has 162 valence electrons. The number of aryl methyl sites for hydroxylation is 1. The summed E-state index contributed by atoms with van der Waals surface area (Å²) in [4.78, 5) is 12.6. The molecule has 0 bridgehead atoms. The molecule has 0 saturated heterocycles. The first-order valence-electron chi connectivity index (χ1n) is 10.2. The molecule has 1 amide bonds. The van der Waals surface area contributed by atoms with Crippen LogP contribution in [-0.4, -0.2) is 29.4 Å². The lowest BCUT2D eigenvalue weighted by atomic mass is 10.2. The largest absolute Gasteiger partial charge is 0.322 e. The predicted octanol–water partition coefficient (Wildman–Crippen LogP) is 4.87. The van der Waals surface area contributed by atoms with E-state index in [1.165, 1.54) is 12.1 Å². The first-order valence-corrected chi connectivity index (χ1v) is 12.2. The van der Waals surface area contributed by atoms with Crippen LogP contribution in [0.5, 0.6) is 0 Å². The van der Waals surface area contributed by atoms with Gasteiger partial charge in [0.1, 0.15) is 5.15 Å². The van der Waals surface area contributed by atoms with Crippen LogP contribution in [0.4, 0.5) is 5.69 Å². The second-order valence-electron chi connectivity index (χ2n) is 8.17. The van der Waals surface area contributed by atoms with Crippen LogP contribution in [0.3, 0.4) is 0 Å². The summed E-state index contributed by atoms with van der Waals surface area (Å²) in [6.45, 7) is 6.70. The standard InChI is InChI=1S/C22H28ClN3O3S/c1-15(2)14-26-22(23)20(16(3)25-26)11-12-21(27)24-17-7-6-10-19(13-17)30(28,29)18-8-4-5-9-18/h6-7,10-13,15,18H,4-5,8-9,14H2,1-3H3,(H,24,27)/b12-11+. The fraction of sp³-hybridized carbons (Fsp3) is 0.455. The van der Waals surface area contributed by atoms with Gasteiger partial charge in [0.2, 0.25) is 5.91 Å². The highest BCUT2D eigenvalue weighted by Gasteiger charge is 2.30. The minimum absolute atomic E-state index is 0.255. The fourth-order valence-electron chi connectivity index (χ4n) is 3.71. The summed E-state index contributed by atoms with van der Waals surface area (Å²) >= 11 is 6.40. The van der Waals surface area contributed by atoms with Crippen LogP contribution < -0.4 is 5.32 Å². The molecule has 0 spiro atoms. The number of carbonyl (C=O) groups is 1. The normalized spacial score (nSPS) is 15.4. The van der Waals surface area contributed by atoms with Gasteiger partial charge in [-0.3, -0.25) is 9.48 Å². The van der Waals surface area contributed by atoms with Crippen molar-refractivity contribution in [2.24, 2.45) is 5.92 Å². The van der Waals surface area contributed by atoms with Gasteiger partial charge in [0.25, 0.3) is 0 Å². The van der Waals surface area contributed by atoms with Gasteiger partial charge >= 0.3 is 0 Å². The van der Waals surface area contributed by atoms with Crippen molar-refractivity contribution in [3.8, 4) is 0 Å². The number of halogens is 1. The van der Waals surface area contributed by atoms with Gasteiger partial charge in [-0.1, -0.05) is 44.4 Å². The van der Waals surface area contributed by atoms with Crippen LogP contribution in [0.15, 0.2) is 35.2 Å². The summed E-state index contributed by atoms with van der Waals surface area (Å²) in [5, 5.41) is 7.33. The van der Waals surface area contributed by atoms with E-state index >= 15 is 0 Å². The minimum Gasteiger partial charge on any atom is -0.322 e. The number of aromatic nitrogens is 2. The highest BCUT2D eigenvalue weighted by atomic mass is 35.5. The maximum absolute atomic E-state index is 12.8. The molecule has 3 rings (SSSR count). The summed E-state index contributed by atoms with van der Waals surface area (Å²) in [7, 11) is -3.37. The summed E-state index contributed by atoms with van der Waals surface area (Å²) in [6, 6.07) is 6.44. The van der Waals surface area contributed by atoms with E-state index in [0.29, 0.717) is 41.7 Å². The number of hydrogen-bond acceptors (Lipinski definition) is 4. The number of hydrogen-bond donors (Lipinski definition) is 1. The van der Waals surface area contributed by atoms with Crippen LogP contribution in [0.2, 0.25) is 5.15 Å². The second kappa shape index (κ2) is 9.35. The Balaban J connectivity index is 1.72. The Kier molecular flexibility index (Phi) is 7.03. The van der Waals surface area contributed by atoms with E-state index in [1.54, 1.807) is 29.0 Å². The van der Waals surface area contributed by atoms with Crippen molar-refractivity contribution in [2.45, 2.75) is 63.1 Å². The van der Waals surface area contributed by atoms with Gasteiger partial charge in [0.15, 0.2) is 9.84 Å². The predicted molar refractivity (Wildman–Crippen MR) is 120 cm³/mol. The van der Waals surface area contributed by atoms with Crippen molar-refractivity contribution in [3.63, 3.8) is 0 Å². The summed E-state index contributed by atoms with van der Waals surface area (Å²) in [5.74, 6) is 0.0345. The SMILES string of the molecule is Cc1nn(CC(C)C)c(Cl)c1/C=C/C(=O)Nc1cccc(S(=O)(=O)C2CCCC2)c1. The molecule has 0 aliphatic heterocycles. The molecule has 8 heteroatoms.